The quantitative estimate of drug-likeness (QED) is 0.572. The van der Waals surface area contributed by atoms with Gasteiger partial charge in [0.05, 0.1) is 5.75 Å². The van der Waals surface area contributed by atoms with Gasteiger partial charge in [-0.15, -0.1) is 10.2 Å². The molecular formula is C21H32N4OS. The van der Waals surface area contributed by atoms with E-state index in [1.807, 2.05) is 11.0 Å². The van der Waals surface area contributed by atoms with E-state index in [-0.39, 0.29) is 18.0 Å². The zero-order chi connectivity index (χ0) is 19.8. The first-order valence-corrected chi connectivity index (χ1v) is 10.8. The Hall–Kier alpha value is -1.82. The molecule has 0 unspecified atom stereocenters. The molecule has 0 aliphatic carbocycles. The molecule has 0 aliphatic rings. The predicted molar refractivity (Wildman–Crippen MR) is 112 cm³/mol. The van der Waals surface area contributed by atoms with Crippen molar-refractivity contribution in [2.45, 2.75) is 77.7 Å². The van der Waals surface area contributed by atoms with Crippen molar-refractivity contribution in [3.8, 4) is 0 Å². The molecule has 0 saturated heterocycles. The number of carbonyl (C=O) groups excluding carboxylic acids is 1. The molecular weight excluding hydrogens is 356 g/mol. The van der Waals surface area contributed by atoms with Crippen LogP contribution in [0.5, 0.6) is 0 Å². The van der Waals surface area contributed by atoms with Gasteiger partial charge in [0.2, 0.25) is 5.91 Å². The molecule has 2 rings (SSSR count). The summed E-state index contributed by atoms with van der Waals surface area (Å²) in [5, 5.41) is 9.63. The van der Waals surface area contributed by atoms with Crippen molar-refractivity contribution in [2.75, 3.05) is 5.75 Å². The summed E-state index contributed by atoms with van der Waals surface area (Å²) in [6.07, 6.45) is 2.82. The Morgan fingerprint density at radius 1 is 1.07 bits per heavy atom. The van der Waals surface area contributed by atoms with Crippen molar-refractivity contribution in [1.29, 1.82) is 0 Å². The molecule has 0 aliphatic heterocycles. The highest BCUT2D eigenvalue weighted by molar-refractivity contribution is 7.99. The molecule has 1 amide bonds. The number of nitrogens with zero attached hydrogens (tertiary/aromatic N) is 4. The van der Waals surface area contributed by atoms with Crippen LogP contribution in [0, 0.1) is 0 Å². The summed E-state index contributed by atoms with van der Waals surface area (Å²) in [7, 11) is 0. The molecule has 1 heterocycles. The first-order chi connectivity index (χ1) is 12.9. The lowest BCUT2D eigenvalue weighted by Crippen LogP contribution is -2.43. The lowest BCUT2D eigenvalue weighted by Gasteiger charge is -2.30. The Morgan fingerprint density at radius 3 is 2.33 bits per heavy atom. The largest absolute Gasteiger partial charge is 0.337 e. The highest BCUT2D eigenvalue weighted by Crippen LogP contribution is 2.20. The molecule has 0 saturated carbocycles. The van der Waals surface area contributed by atoms with Crippen LogP contribution in [0.15, 0.2) is 35.5 Å². The van der Waals surface area contributed by atoms with Crippen molar-refractivity contribution in [3.05, 3.63) is 41.7 Å². The Morgan fingerprint density at radius 2 is 1.74 bits per heavy atom. The molecule has 1 aromatic heterocycles. The molecule has 0 fully saturated rings. The maximum absolute atomic E-state index is 12.6. The SMILES string of the molecule is CCCn1c(CCc2ccccc2)nnc1SCC(=O)N(C(C)C)C(C)C. The van der Waals surface area contributed by atoms with Crippen LogP contribution in [0.25, 0.3) is 0 Å². The normalized spacial score (nSPS) is 11.4. The number of hydrogen-bond acceptors (Lipinski definition) is 4. The highest BCUT2D eigenvalue weighted by atomic mass is 32.2. The van der Waals surface area contributed by atoms with Crippen LogP contribution >= 0.6 is 11.8 Å². The molecule has 0 atom stereocenters. The van der Waals surface area contributed by atoms with Gasteiger partial charge in [-0.25, -0.2) is 0 Å². The van der Waals surface area contributed by atoms with Crippen LogP contribution in [0.3, 0.4) is 0 Å². The number of rotatable bonds is 10. The maximum Gasteiger partial charge on any atom is 0.233 e. The van der Waals surface area contributed by atoms with Crippen molar-refractivity contribution in [1.82, 2.24) is 19.7 Å². The summed E-state index contributed by atoms with van der Waals surface area (Å²) in [6.45, 7) is 11.3. The molecule has 27 heavy (non-hydrogen) atoms. The van der Waals surface area contributed by atoms with Crippen LogP contribution in [-0.4, -0.2) is 43.4 Å². The minimum atomic E-state index is 0.155. The van der Waals surface area contributed by atoms with Gasteiger partial charge in [-0.1, -0.05) is 49.0 Å². The van der Waals surface area contributed by atoms with E-state index in [9.17, 15) is 4.79 Å². The number of carbonyl (C=O) groups is 1. The lowest BCUT2D eigenvalue weighted by molar-refractivity contribution is -0.131. The summed E-state index contributed by atoms with van der Waals surface area (Å²) in [5.74, 6) is 1.55. The van der Waals surface area contributed by atoms with Gasteiger partial charge < -0.3 is 9.47 Å². The number of aromatic nitrogens is 3. The fourth-order valence-electron chi connectivity index (χ4n) is 3.33. The monoisotopic (exact) mass is 388 g/mol. The van der Waals surface area contributed by atoms with Gasteiger partial charge in [0, 0.05) is 25.0 Å². The smallest absolute Gasteiger partial charge is 0.233 e. The molecule has 5 nitrogen and oxygen atoms in total. The average Bonchev–Trinajstić information content (AvgIpc) is 3.00. The van der Waals surface area contributed by atoms with Gasteiger partial charge in [0.1, 0.15) is 5.82 Å². The third-order valence-corrected chi connectivity index (χ3v) is 5.40. The van der Waals surface area contributed by atoms with Crippen LogP contribution in [0.1, 0.15) is 52.4 Å². The van der Waals surface area contributed by atoms with Gasteiger partial charge in [-0.3, -0.25) is 4.79 Å². The molecule has 0 N–H and O–H groups in total. The van der Waals surface area contributed by atoms with E-state index >= 15 is 0 Å². The molecule has 0 radical (unpaired) electrons. The van der Waals surface area contributed by atoms with E-state index in [4.69, 9.17) is 0 Å². The van der Waals surface area contributed by atoms with Gasteiger partial charge in [-0.2, -0.15) is 0 Å². The van der Waals surface area contributed by atoms with Crippen LogP contribution in [0.2, 0.25) is 0 Å². The van der Waals surface area contributed by atoms with Crippen molar-refractivity contribution in [2.24, 2.45) is 0 Å². The Bertz CT molecular complexity index is 704. The fraction of sp³-hybridized carbons (Fsp3) is 0.571. The molecule has 2 aromatic rings. The summed E-state index contributed by atoms with van der Waals surface area (Å²) in [6, 6.07) is 10.8. The fourth-order valence-corrected chi connectivity index (χ4v) is 4.19. The second kappa shape index (κ2) is 10.5. The Balaban J connectivity index is 2.04. The highest BCUT2D eigenvalue weighted by Gasteiger charge is 2.21. The number of amides is 1. The average molecular weight is 389 g/mol. The molecule has 1 aromatic carbocycles. The van der Waals surface area contributed by atoms with Crippen molar-refractivity contribution < 1.29 is 4.79 Å². The molecule has 6 heteroatoms. The van der Waals surface area contributed by atoms with E-state index < -0.39 is 0 Å². The van der Waals surface area contributed by atoms with Crippen LogP contribution < -0.4 is 0 Å². The van der Waals surface area contributed by atoms with E-state index in [2.05, 4.69) is 73.6 Å². The number of benzene rings is 1. The molecule has 0 spiro atoms. The van der Waals surface area contributed by atoms with Crippen LogP contribution in [0.4, 0.5) is 0 Å². The third-order valence-electron chi connectivity index (χ3n) is 4.45. The summed E-state index contributed by atoms with van der Waals surface area (Å²) >= 11 is 1.50. The molecule has 148 valence electrons. The van der Waals surface area contributed by atoms with Gasteiger partial charge in [0.15, 0.2) is 5.16 Å². The zero-order valence-electron chi connectivity index (χ0n) is 17.2. The standard InChI is InChI=1S/C21H32N4OS/c1-6-14-24-19(13-12-18-10-8-7-9-11-18)22-23-21(24)27-15-20(26)25(16(2)3)17(4)5/h7-11,16-17H,6,12-15H2,1-5H3. The Kier molecular flexibility index (Phi) is 8.35. The maximum atomic E-state index is 12.6. The first kappa shape index (κ1) is 21.5. The summed E-state index contributed by atoms with van der Waals surface area (Å²) < 4.78 is 2.18. The van der Waals surface area contributed by atoms with Crippen molar-refractivity contribution in [3.63, 3.8) is 0 Å². The van der Waals surface area contributed by atoms with Crippen LogP contribution in [-0.2, 0) is 24.2 Å². The van der Waals surface area contributed by atoms with Crippen molar-refractivity contribution >= 4 is 17.7 Å². The Labute approximate surface area is 167 Å². The topological polar surface area (TPSA) is 51.0 Å². The second-order valence-corrected chi connectivity index (χ2v) is 8.26. The summed E-state index contributed by atoms with van der Waals surface area (Å²) in [5.41, 5.74) is 1.30. The minimum absolute atomic E-state index is 0.155. The first-order valence-electron chi connectivity index (χ1n) is 9.84. The number of hydrogen-bond donors (Lipinski definition) is 0. The van der Waals surface area contributed by atoms with Gasteiger partial charge in [0.25, 0.3) is 0 Å². The van der Waals surface area contributed by atoms with Gasteiger partial charge in [-0.05, 0) is 46.1 Å². The van der Waals surface area contributed by atoms with Gasteiger partial charge >= 0.3 is 0 Å². The number of thioether (sulfide) groups is 1. The zero-order valence-corrected chi connectivity index (χ0v) is 18.0. The lowest BCUT2D eigenvalue weighted by atomic mass is 10.1. The molecule has 0 bridgehead atoms. The van der Waals surface area contributed by atoms with E-state index in [0.29, 0.717) is 5.75 Å². The third kappa shape index (κ3) is 6.09. The second-order valence-electron chi connectivity index (χ2n) is 7.31. The summed E-state index contributed by atoms with van der Waals surface area (Å²) in [4.78, 5) is 14.6. The van der Waals surface area contributed by atoms with E-state index in [1.54, 1.807) is 0 Å². The van der Waals surface area contributed by atoms with E-state index in [0.717, 1.165) is 36.8 Å². The van der Waals surface area contributed by atoms with E-state index in [1.165, 1.54) is 17.3 Å². The minimum Gasteiger partial charge on any atom is -0.337 e. The number of aryl methyl sites for hydroxylation is 2. The predicted octanol–water partition coefficient (Wildman–Crippen LogP) is 4.21.